The predicted molar refractivity (Wildman–Crippen MR) is 122 cm³/mol. The molecule has 0 radical (unpaired) electrons. The standard InChI is InChI=1S/C24H18Cl2N2O4/c25-17-7-3-14(4-8-17)11-21-22(29)27-20-12-18(26)9-10-19(20)23(30)28(21)13-15-1-5-16(6-2-15)24(31)32/h1-10,12,21H,11,13H2,(H,27,29)(H,31,32)/t21-/m1/s1. The Labute approximate surface area is 194 Å². The van der Waals surface area contributed by atoms with Gasteiger partial charge in [0, 0.05) is 23.0 Å². The second-order valence-electron chi connectivity index (χ2n) is 7.46. The van der Waals surface area contributed by atoms with Crippen LogP contribution in [0.3, 0.4) is 0 Å². The van der Waals surface area contributed by atoms with Crippen LogP contribution in [0.15, 0.2) is 66.7 Å². The van der Waals surface area contributed by atoms with Crippen molar-refractivity contribution in [3.8, 4) is 0 Å². The van der Waals surface area contributed by atoms with Gasteiger partial charge in [-0.3, -0.25) is 9.59 Å². The summed E-state index contributed by atoms with van der Waals surface area (Å²) in [6.07, 6.45) is 0.281. The van der Waals surface area contributed by atoms with Gasteiger partial charge in [-0.15, -0.1) is 0 Å². The monoisotopic (exact) mass is 468 g/mol. The quantitative estimate of drug-likeness (QED) is 0.557. The molecule has 6 nitrogen and oxygen atoms in total. The zero-order valence-corrected chi connectivity index (χ0v) is 18.2. The molecule has 0 unspecified atom stereocenters. The number of nitrogens with zero attached hydrogens (tertiary/aromatic N) is 1. The highest BCUT2D eigenvalue weighted by Gasteiger charge is 2.35. The highest BCUT2D eigenvalue weighted by molar-refractivity contribution is 6.31. The fraction of sp³-hybridized carbons (Fsp3) is 0.125. The van der Waals surface area contributed by atoms with Crippen LogP contribution in [0.4, 0.5) is 5.69 Å². The van der Waals surface area contributed by atoms with Crippen molar-refractivity contribution < 1.29 is 19.5 Å². The summed E-state index contributed by atoms with van der Waals surface area (Å²) in [5.41, 5.74) is 2.39. The van der Waals surface area contributed by atoms with Crippen molar-refractivity contribution in [2.45, 2.75) is 19.0 Å². The molecule has 0 bridgehead atoms. The van der Waals surface area contributed by atoms with Gasteiger partial charge in [0.1, 0.15) is 6.04 Å². The molecule has 32 heavy (non-hydrogen) atoms. The van der Waals surface area contributed by atoms with Crippen molar-refractivity contribution >= 4 is 46.7 Å². The maximum atomic E-state index is 13.5. The summed E-state index contributed by atoms with van der Waals surface area (Å²) in [5, 5.41) is 12.9. The zero-order valence-electron chi connectivity index (χ0n) is 16.7. The average Bonchev–Trinajstić information content (AvgIpc) is 2.85. The average molecular weight is 469 g/mol. The summed E-state index contributed by atoms with van der Waals surface area (Å²) in [5.74, 6) is -1.69. The van der Waals surface area contributed by atoms with Gasteiger partial charge < -0.3 is 15.3 Å². The van der Waals surface area contributed by atoms with E-state index in [2.05, 4.69) is 5.32 Å². The maximum Gasteiger partial charge on any atom is 0.335 e. The van der Waals surface area contributed by atoms with Crippen LogP contribution < -0.4 is 5.32 Å². The van der Waals surface area contributed by atoms with Crippen LogP contribution in [-0.4, -0.2) is 33.8 Å². The van der Waals surface area contributed by atoms with Crippen LogP contribution in [0.5, 0.6) is 0 Å². The molecule has 0 saturated heterocycles. The van der Waals surface area contributed by atoms with E-state index in [-0.39, 0.29) is 30.3 Å². The van der Waals surface area contributed by atoms with Crippen LogP contribution in [-0.2, 0) is 17.8 Å². The number of hydrogen-bond donors (Lipinski definition) is 2. The molecule has 1 heterocycles. The topological polar surface area (TPSA) is 86.7 Å². The van der Waals surface area contributed by atoms with E-state index in [1.54, 1.807) is 42.5 Å². The molecule has 2 N–H and O–H groups in total. The number of benzene rings is 3. The minimum atomic E-state index is -1.03. The van der Waals surface area contributed by atoms with E-state index in [4.69, 9.17) is 28.3 Å². The maximum absolute atomic E-state index is 13.5. The molecule has 0 aliphatic carbocycles. The van der Waals surface area contributed by atoms with Crippen molar-refractivity contribution in [1.29, 1.82) is 0 Å². The van der Waals surface area contributed by atoms with E-state index in [1.807, 2.05) is 12.1 Å². The van der Waals surface area contributed by atoms with Crippen LogP contribution >= 0.6 is 23.2 Å². The van der Waals surface area contributed by atoms with Gasteiger partial charge in [-0.1, -0.05) is 47.5 Å². The Kier molecular flexibility index (Phi) is 6.17. The number of carbonyl (C=O) groups is 3. The number of fused-ring (bicyclic) bond motifs is 1. The Balaban J connectivity index is 1.72. The molecule has 1 aliphatic heterocycles. The first-order valence-electron chi connectivity index (χ1n) is 9.80. The summed E-state index contributed by atoms with van der Waals surface area (Å²) in [7, 11) is 0. The predicted octanol–water partition coefficient (Wildman–Crippen LogP) is 4.90. The van der Waals surface area contributed by atoms with Gasteiger partial charge in [0.05, 0.1) is 16.8 Å². The SMILES string of the molecule is O=C(O)c1ccc(CN2C(=O)c3ccc(Cl)cc3NC(=O)[C@H]2Cc2ccc(Cl)cc2)cc1. The molecule has 0 spiro atoms. The van der Waals surface area contributed by atoms with E-state index in [0.717, 1.165) is 5.56 Å². The largest absolute Gasteiger partial charge is 0.478 e. The first kappa shape index (κ1) is 21.9. The minimum absolute atomic E-state index is 0.131. The summed E-state index contributed by atoms with van der Waals surface area (Å²) < 4.78 is 0. The van der Waals surface area contributed by atoms with Crippen molar-refractivity contribution in [3.05, 3.63) is 99.0 Å². The summed E-state index contributed by atoms with van der Waals surface area (Å²) in [4.78, 5) is 39.3. The van der Waals surface area contributed by atoms with Gasteiger partial charge in [-0.05, 0) is 53.6 Å². The van der Waals surface area contributed by atoms with Crippen molar-refractivity contribution in [3.63, 3.8) is 0 Å². The molecule has 1 aliphatic rings. The molecule has 0 aromatic heterocycles. The van der Waals surface area contributed by atoms with E-state index in [9.17, 15) is 14.4 Å². The van der Waals surface area contributed by atoms with Gasteiger partial charge in [-0.25, -0.2) is 4.79 Å². The lowest BCUT2D eigenvalue weighted by atomic mass is 10.0. The molecule has 2 amide bonds. The minimum Gasteiger partial charge on any atom is -0.478 e. The lowest BCUT2D eigenvalue weighted by Crippen LogP contribution is -2.46. The Morgan fingerprint density at radius 2 is 1.53 bits per heavy atom. The Hall–Kier alpha value is -3.35. The molecule has 3 aromatic carbocycles. The summed E-state index contributed by atoms with van der Waals surface area (Å²) >= 11 is 12.1. The molecule has 162 valence electrons. The number of anilines is 1. The second kappa shape index (κ2) is 9.02. The van der Waals surface area contributed by atoms with Gasteiger partial charge in [0.15, 0.2) is 0 Å². The normalized spacial score (nSPS) is 15.7. The highest BCUT2D eigenvalue weighted by atomic mass is 35.5. The molecule has 1 atom stereocenters. The van der Waals surface area contributed by atoms with Crippen molar-refractivity contribution in [2.24, 2.45) is 0 Å². The Bertz CT molecular complexity index is 1190. The van der Waals surface area contributed by atoms with E-state index >= 15 is 0 Å². The molecular weight excluding hydrogens is 451 g/mol. The Morgan fingerprint density at radius 1 is 0.906 bits per heavy atom. The van der Waals surface area contributed by atoms with E-state index in [1.165, 1.54) is 17.0 Å². The fourth-order valence-electron chi connectivity index (χ4n) is 3.64. The molecule has 8 heteroatoms. The van der Waals surface area contributed by atoms with E-state index in [0.29, 0.717) is 26.9 Å². The second-order valence-corrected chi connectivity index (χ2v) is 8.33. The lowest BCUT2D eigenvalue weighted by Gasteiger charge is -2.29. The lowest BCUT2D eigenvalue weighted by molar-refractivity contribution is -0.120. The third-order valence-corrected chi connectivity index (χ3v) is 5.79. The summed E-state index contributed by atoms with van der Waals surface area (Å²) in [6.45, 7) is 0.131. The number of rotatable bonds is 5. The fourth-order valence-corrected chi connectivity index (χ4v) is 3.94. The Morgan fingerprint density at radius 3 is 2.19 bits per heavy atom. The van der Waals surface area contributed by atoms with E-state index < -0.39 is 12.0 Å². The number of aromatic carboxylic acids is 1. The number of hydrogen-bond acceptors (Lipinski definition) is 3. The number of carboxylic acids is 1. The van der Waals surface area contributed by atoms with Gasteiger partial charge in [0.2, 0.25) is 5.91 Å². The first-order valence-corrected chi connectivity index (χ1v) is 10.6. The molecule has 4 rings (SSSR count). The molecular formula is C24H18Cl2N2O4. The van der Waals surface area contributed by atoms with Crippen molar-refractivity contribution in [1.82, 2.24) is 4.90 Å². The molecule has 0 saturated carbocycles. The number of carboxylic acid groups (broad SMARTS) is 1. The highest BCUT2D eigenvalue weighted by Crippen LogP contribution is 2.29. The van der Waals surface area contributed by atoms with Crippen LogP contribution in [0.25, 0.3) is 0 Å². The van der Waals surface area contributed by atoms with Gasteiger partial charge in [-0.2, -0.15) is 0 Å². The molecule has 3 aromatic rings. The zero-order chi connectivity index (χ0) is 22.8. The number of nitrogens with one attached hydrogen (secondary N) is 1. The van der Waals surface area contributed by atoms with Crippen LogP contribution in [0.1, 0.15) is 31.8 Å². The van der Waals surface area contributed by atoms with Gasteiger partial charge >= 0.3 is 5.97 Å². The number of halogens is 2. The van der Waals surface area contributed by atoms with Crippen LogP contribution in [0.2, 0.25) is 10.0 Å². The van der Waals surface area contributed by atoms with Crippen molar-refractivity contribution in [2.75, 3.05) is 5.32 Å². The van der Waals surface area contributed by atoms with Gasteiger partial charge in [0.25, 0.3) is 5.91 Å². The third-order valence-electron chi connectivity index (χ3n) is 5.31. The third kappa shape index (κ3) is 4.61. The molecule has 0 fully saturated rings. The first-order chi connectivity index (χ1) is 15.3. The summed E-state index contributed by atoms with van der Waals surface area (Å²) in [6, 6.07) is 17.3. The smallest absolute Gasteiger partial charge is 0.335 e. The number of carbonyl (C=O) groups excluding carboxylic acids is 2. The number of amides is 2. The van der Waals surface area contributed by atoms with Crippen LogP contribution in [0, 0.1) is 0 Å².